The third-order valence-electron chi connectivity index (χ3n) is 2.82. The van der Waals surface area contributed by atoms with Gasteiger partial charge in [0, 0.05) is 12.3 Å². The molecule has 0 aromatic heterocycles. The molecule has 0 spiro atoms. The first-order chi connectivity index (χ1) is 4.61. The minimum Gasteiger partial charge on any atom is -0.299 e. The summed E-state index contributed by atoms with van der Waals surface area (Å²) >= 11 is 0. The molecule has 0 amide bonds. The smallest absolute Gasteiger partial charge is 0.140 e. The van der Waals surface area contributed by atoms with Crippen molar-refractivity contribution in [3.8, 4) is 0 Å². The fraction of sp³-hybridized carbons (Fsp3) is 0.667. The molecule has 0 radical (unpaired) electrons. The first-order valence-electron chi connectivity index (χ1n) is 3.82. The molecule has 0 aliphatic heterocycles. The van der Waals surface area contributed by atoms with Gasteiger partial charge in [-0.3, -0.25) is 4.79 Å². The summed E-state index contributed by atoms with van der Waals surface area (Å²) in [4.78, 5) is 11.2. The lowest BCUT2D eigenvalue weighted by Gasteiger charge is -2.30. The minimum absolute atomic E-state index is 0.247. The van der Waals surface area contributed by atoms with Crippen LogP contribution in [0, 0.1) is 17.3 Å². The van der Waals surface area contributed by atoms with Crippen LogP contribution in [-0.4, -0.2) is 5.78 Å². The number of hydrogen-bond donors (Lipinski definition) is 0. The summed E-state index contributed by atoms with van der Waals surface area (Å²) in [6.45, 7) is 4.36. The van der Waals surface area contributed by atoms with Gasteiger partial charge in [0.1, 0.15) is 5.78 Å². The van der Waals surface area contributed by atoms with Crippen LogP contribution in [0.2, 0.25) is 0 Å². The number of rotatable bonds is 0. The van der Waals surface area contributed by atoms with Gasteiger partial charge in [-0.15, -0.1) is 0 Å². The second-order valence-electron chi connectivity index (χ2n) is 4.07. The summed E-state index contributed by atoms with van der Waals surface area (Å²) < 4.78 is 0. The van der Waals surface area contributed by atoms with E-state index in [0.29, 0.717) is 11.7 Å². The molecular formula is C9H12O. The summed E-state index contributed by atoms with van der Waals surface area (Å²) in [6, 6.07) is 0. The fourth-order valence-electron chi connectivity index (χ4n) is 2.07. The zero-order valence-electron chi connectivity index (χ0n) is 6.42. The maximum absolute atomic E-state index is 11.2. The summed E-state index contributed by atoms with van der Waals surface area (Å²) in [5.74, 6) is 1.28. The lowest BCUT2D eigenvalue weighted by Crippen LogP contribution is -2.25. The lowest BCUT2D eigenvalue weighted by atomic mass is 9.73. The Bertz CT molecular complexity index is 213. The number of carbonyl (C=O) groups is 1. The van der Waals surface area contributed by atoms with Gasteiger partial charge >= 0.3 is 0 Å². The highest BCUT2D eigenvalue weighted by molar-refractivity contribution is 5.88. The van der Waals surface area contributed by atoms with Crippen molar-refractivity contribution in [2.24, 2.45) is 17.3 Å². The van der Waals surface area contributed by atoms with Crippen molar-refractivity contribution in [3.63, 3.8) is 0 Å². The zero-order valence-corrected chi connectivity index (χ0v) is 6.42. The highest BCUT2D eigenvalue weighted by atomic mass is 16.1. The number of hydrogen-bond acceptors (Lipinski definition) is 1. The number of allylic oxidation sites excluding steroid dienone is 2. The predicted octanol–water partition coefficient (Wildman–Crippen LogP) is 1.79. The Labute approximate surface area is 61.1 Å². The van der Waals surface area contributed by atoms with Crippen molar-refractivity contribution < 1.29 is 4.79 Å². The molecule has 1 nitrogen and oxygen atoms in total. The van der Waals surface area contributed by atoms with Crippen LogP contribution in [0.25, 0.3) is 0 Å². The zero-order chi connectivity index (χ0) is 7.35. The highest BCUT2D eigenvalue weighted by Crippen LogP contribution is 2.50. The first kappa shape index (κ1) is 6.14. The van der Waals surface area contributed by atoms with Gasteiger partial charge in [-0.25, -0.2) is 0 Å². The van der Waals surface area contributed by atoms with Crippen molar-refractivity contribution in [2.45, 2.75) is 20.3 Å². The Hall–Kier alpha value is -0.590. The van der Waals surface area contributed by atoms with Gasteiger partial charge in [-0.2, -0.15) is 0 Å². The molecule has 1 saturated carbocycles. The Kier molecular flexibility index (Phi) is 0.936. The first-order valence-corrected chi connectivity index (χ1v) is 3.82. The Morgan fingerprint density at radius 2 is 2.20 bits per heavy atom. The van der Waals surface area contributed by atoms with Gasteiger partial charge in [0.2, 0.25) is 0 Å². The largest absolute Gasteiger partial charge is 0.299 e. The Balaban J connectivity index is 2.34. The van der Waals surface area contributed by atoms with Crippen LogP contribution in [0.15, 0.2) is 12.2 Å². The maximum Gasteiger partial charge on any atom is 0.140 e. The van der Waals surface area contributed by atoms with Crippen molar-refractivity contribution in [2.75, 3.05) is 0 Å². The van der Waals surface area contributed by atoms with Gasteiger partial charge in [-0.05, 0) is 11.3 Å². The predicted molar refractivity (Wildman–Crippen MR) is 39.5 cm³/mol. The van der Waals surface area contributed by atoms with E-state index >= 15 is 0 Å². The molecule has 0 N–H and O–H groups in total. The summed E-state index contributed by atoms with van der Waals surface area (Å²) in [5.41, 5.74) is 0.247. The topological polar surface area (TPSA) is 17.1 Å². The van der Waals surface area contributed by atoms with E-state index in [9.17, 15) is 4.79 Å². The standard InChI is InChI=1S/C9H12O/c1-9(2)5-8(10)6-3-4-7(6)9/h3-4,6-7H,5H2,1-2H3. The van der Waals surface area contributed by atoms with Crippen molar-refractivity contribution in [1.82, 2.24) is 0 Å². The van der Waals surface area contributed by atoms with Crippen molar-refractivity contribution in [3.05, 3.63) is 12.2 Å². The monoisotopic (exact) mass is 136 g/mol. The molecule has 2 atom stereocenters. The van der Waals surface area contributed by atoms with E-state index in [1.807, 2.05) is 6.08 Å². The summed E-state index contributed by atoms with van der Waals surface area (Å²) in [6.07, 6.45) is 4.99. The van der Waals surface area contributed by atoms with Crippen molar-refractivity contribution in [1.29, 1.82) is 0 Å². The van der Waals surface area contributed by atoms with Crippen LogP contribution < -0.4 is 0 Å². The molecule has 1 heteroatoms. The molecule has 2 unspecified atom stereocenters. The highest BCUT2D eigenvalue weighted by Gasteiger charge is 2.48. The van der Waals surface area contributed by atoms with Crippen LogP contribution in [0.5, 0.6) is 0 Å². The van der Waals surface area contributed by atoms with Crippen LogP contribution >= 0.6 is 0 Å². The van der Waals surface area contributed by atoms with Gasteiger partial charge in [0.15, 0.2) is 0 Å². The number of ketones is 1. The van der Waals surface area contributed by atoms with Crippen LogP contribution in [0.4, 0.5) is 0 Å². The molecule has 54 valence electrons. The Morgan fingerprint density at radius 1 is 1.50 bits per heavy atom. The normalized spacial score (nSPS) is 41.2. The molecule has 10 heavy (non-hydrogen) atoms. The van der Waals surface area contributed by atoms with E-state index in [4.69, 9.17) is 0 Å². The number of Topliss-reactive ketones (excluding diaryl/α,β-unsaturated/α-hetero) is 1. The average Bonchev–Trinajstić information content (AvgIpc) is 1.66. The quantitative estimate of drug-likeness (QED) is 0.464. The number of carbonyl (C=O) groups excluding carboxylic acids is 1. The van der Waals surface area contributed by atoms with E-state index in [1.54, 1.807) is 0 Å². The molecular weight excluding hydrogens is 124 g/mol. The fourth-order valence-corrected chi connectivity index (χ4v) is 2.07. The summed E-state index contributed by atoms with van der Waals surface area (Å²) in [7, 11) is 0. The third kappa shape index (κ3) is 0.556. The van der Waals surface area contributed by atoms with Gasteiger partial charge in [-0.1, -0.05) is 26.0 Å². The summed E-state index contributed by atoms with van der Waals surface area (Å²) in [5, 5.41) is 0. The van der Waals surface area contributed by atoms with Gasteiger partial charge in [0.25, 0.3) is 0 Å². The lowest BCUT2D eigenvalue weighted by molar-refractivity contribution is -0.120. The molecule has 1 fully saturated rings. The molecule has 0 heterocycles. The van der Waals surface area contributed by atoms with Crippen LogP contribution in [0.3, 0.4) is 0 Å². The molecule has 0 bridgehead atoms. The SMILES string of the molecule is CC1(C)CC(=O)C2C=CC21. The van der Waals surface area contributed by atoms with E-state index in [1.165, 1.54) is 0 Å². The molecule has 2 aliphatic carbocycles. The maximum atomic E-state index is 11.2. The average molecular weight is 136 g/mol. The van der Waals surface area contributed by atoms with E-state index in [2.05, 4.69) is 19.9 Å². The van der Waals surface area contributed by atoms with Crippen LogP contribution in [0.1, 0.15) is 20.3 Å². The molecule has 0 aromatic rings. The third-order valence-corrected chi connectivity index (χ3v) is 2.82. The minimum atomic E-state index is 0.247. The van der Waals surface area contributed by atoms with Gasteiger partial charge < -0.3 is 0 Å². The molecule has 0 aromatic carbocycles. The second kappa shape index (κ2) is 1.52. The van der Waals surface area contributed by atoms with E-state index in [-0.39, 0.29) is 11.3 Å². The van der Waals surface area contributed by atoms with E-state index < -0.39 is 0 Å². The van der Waals surface area contributed by atoms with Crippen LogP contribution in [-0.2, 0) is 4.79 Å². The second-order valence-corrected chi connectivity index (χ2v) is 4.07. The number of fused-ring (bicyclic) bond motifs is 1. The van der Waals surface area contributed by atoms with Crippen molar-refractivity contribution >= 4 is 5.78 Å². The van der Waals surface area contributed by atoms with Gasteiger partial charge in [0.05, 0.1) is 0 Å². The molecule has 2 aliphatic rings. The molecule has 0 saturated heterocycles. The Morgan fingerprint density at radius 3 is 2.40 bits per heavy atom. The molecule has 2 rings (SSSR count). The van der Waals surface area contributed by atoms with E-state index in [0.717, 1.165) is 6.42 Å².